The second kappa shape index (κ2) is 12.7. The van der Waals surface area contributed by atoms with Gasteiger partial charge in [0.25, 0.3) is 23.6 Å². The van der Waals surface area contributed by atoms with Gasteiger partial charge in [0.1, 0.15) is 0 Å². The minimum Gasteiger partial charge on any atom is -0.478 e. The van der Waals surface area contributed by atoms with Gasteiger partial charge in [0.05, 0.1) is 33.4 Å². The van der Waals surface area contributed by atoms with Crippen LogP contribution >= 0.6 is 0 Å². The number of carboxylic acid groups (broad SMARTS) is 2. The molecule has 0 spiro atoms. The number of unbranched alkanes of at least 4 members (excludes halogenated alkanes) is 9. The maximum absolute atomic E-state index is 12.5. The number of carbonyl (C=O) groups excluding carboxylic acids is 4. The lowest BCUT2D eigenvalue weighted by Gasteiger charge is -2.13. The Hall–Kier alpha value is -4.34. The Morgan fingerprint density at radius 1 is 0.475 bits per heavy atom. The maximum atomic E-state index is 12.5. The smallest absolute Gasteiger partial charge is 0.335 e. The van der Waals surface area contributed by atoms with Crippen molar-refractivity contribution in [1.29, 1.82) is 0 Å². The quantitative estimate of drug-likeness (QED) is 0.236. The zero-order chi connectivity index (χ0) is 28.8. The summed E-state index contributed by atoms with van der Waals surface area (Å²) in [5.74, 6) is -3.87. The van der Waals surface area contributed by atoms with Crippen LogP contribution in [0.2, 0.25) is 0 Å². The number of carbonyl (C=O) groups is 6. The van der Waals surface area contributed by atoms with Crippen LogP contribution in [-0.2, 0) is 0 Å². The molecule has 0 aliphatic carbocycles. The van der Waals surface area contributed by atoms with E-state index in [2.05, 4.69) is 0 Å². The van der Waals surface area contributed by atoms with Crippen molar-refractivity contribution in [3.05, 3.63) is 69.8 Å². The van der Waals surface area contributed by atoms with E-state index in [1.807, 2.05) is 0 Å². The van der Waals surface area contributed by atoms with Crippen LogP contribution < -0.4 is 0 Å². The minimum absolute atomic E-state index is 0.0119. The monoisotopic (exact) mass is 548 g/mol. The van der Waals surface area contributed by atoms with Gasteiger partial charge in [-0.15, -0.1) is 0 Å². The summed E-state index contributed by atoms with van der Waals surface area (Å²) in [6.07, 6.45) is 9.44. The Morgan fingerprint density at radius 2 is 0.775 bits per heavy atom. The lowest BCUT2D eigenvalue weighted by molar-refractivity contribution is 0.0635. The van der Waals surface area contributed by atoms with Gasteiger partial charge in [-0.25, -0.2) is 9.59 Å². The topological polar surface area (TPSA) is 149 Å². The van der Waals surface area contributed by atoms with Crippen molar-refractivity contribution in [1.82, 2.24) is 9.80 Å². The van der Waals surface area contributed by atoms with Crippen LogP contribution in [-0.4, -0.2) is 68.7 Å². The van der Waals surface area contributed by atoms with E-state index >= 15 is 0 Å². The Balaban J connectivity index is 1.04. The second-order valence-corrected chi connectivity index (χ2v) is 10.2. The molecule has 0 saturated carbocycles. The van der Waals surface area contributed by atoms with Crippen molar-refractivity contribution in [2.45, 2.75) is 64.2 Å². The number of nitrogens with zero attached hydrogens (tertiary/aromatic N) is 2. The van der Waals surface area contributed by atoms with Crippen molar-refractivity contribution >= 4 is 35.6 Å². The Morgan fingerprint density at radius 3 is 1.10 bits per heavy atom. The molecule has 2 aliphatic heterocycles. The Bertz CT molecular complexity index is 1260. The van der Waals surface area contributed by atoms with Crippen molar-refractivity contribution in [3.8, 4) is 0 Å². The number of fused-ring (bicyclic) bond motifs is 2. The molecule has 0 aromatic heterocycles. The number of rotatable bonds is 15. The van der Waals surface area contributed by atoms with E-state index < -0.39 is 23.8 Å². The molecule has 0 bridgehead atoms. The van der Waals surface area contributed by atoms with Crippen molar-refractivity contribution in [2.75, 3.05) is 13.1 Å². The largest absolute Gasteiger partial charge is 0.478 e. The first-order chi connectivity index (χ1) is 19.2. The first kappa shape index (κ1) is 28.7. The van der Waals surface area contributed by atoms with Crippen molar-refractivity contribution < 1.29 is 39.0 Å². The highest BCUT2D eigenvalue weighted by Gasteiger charge is 2.36. The van der Waals surface area contributed by atoms with Crippen LogP contribution in [0.1, 0.15) is 126 Å². The van der Waals surface area contributed by atoms with E-state index in [9.17, 15) is 28.8 Å². The normalized spacial score (nSPS) is 14.2. The van der Waals surface area contributed by atoms with Gasteiger partial charge in [-0.05, 0) is 49.2 Å². The minimum atomic E-state index is -1.14. The zero-order valence-electron chi connectivity index (χ0n) is 22.2. The molecular formula is C30H32N2O8. The molecule has 0 fully saturated rings. The summed E-state index contributed by atoms with van der Waals surface area (Å²) in [7, 11) is 0. The maximum Gasteiger partial charge on any atom is 0.335 e. The second-order valence-electron chi connectivity index (χ2n) is 10.2. The summed E-state index contributed by atoms with van der Waals surface area (Å²) in [4.78, 5) is 74.8. The molecule has 0 radical (unpaired) electrons. The zero-order valence-corrected chi connectivity index (χ0v) is 22.2. The molecule has 2 aromatic rings. The fourth-order valence-corrected chi connectivity index (χ4v) is 5.21. The number of benzene rings is 2. The highest BCUT2D eigenvalue weighted by atomic mass is 16.4. The molecule has 10 nitrogen and oxygen atoms in total. The molecule has 210 valence electrons. The number of hydrogen-bond donors (Lipinski definition) is 2. The van der Waals surface area contributed by atoms with Crippen molar-refractivity contribution in [2.24, 2.45) is 0 Å². The predicted molar refractivity (Wildman–Crippen MR) is 144 cm³/mol. The number of imide groups is 2. The van der Waals surface area contributed by atoms with E-state index in [1.54, 1.807) is 0 Å². The summed E-state index contributed by atoms with van der Waals surface area (Å²) >= 11 is 0. The lowest BCUT2D eigenvalue weighted by atomic mass is 10.1. The van der Waals surface area contributed by atoms with E-state index in [4.69, 9.17) is 10.2 Å². The summed E-state index contributed by atoms with van der Waals surface area (Å²) in [5.41, 5.74) is 0.802. The summed E-state index contributed by atoms with van der Waals surface area (Å²) in [5, 5.41) is 18.2. The molecule has 0 unspecified atom stereocenters. The number of aromatic carboxylic acids is 2. The van der Waals surface area contributed by atoms with Crippen LogP contribution in [0, 0.1) is 0 Å². The Labute approximate surface area is 231 Å². The molecule has 40 heavy (non-hydrogen) atoms. The van der Waals surface area contributed by atoms with Gasteiger partial charge in [0.15, 0.2) is 0 Å². The van der Waals surface area contributed by atoms with Gasteiger partial charge in [0.2, 0.25) is 0 Å². The van der Waals surface area contributed by atoms with Gasteiger partial charge in [-0.3, -0.25) is 29.0 Å². The van der Waals surface area contributed by atoms with Gasteiger partial charge in [-0.2, -0.15) is 0 Å². The van der Waals surface area contributed by atoms with Crippen LogP contribution in [0.4, 0.5) is 0 Å². The molecule has 4 amide bonds. The molecule has 2 aromatic carbocycles. The fraction of sp³-hybridized carbons (Fsp3) is 0.400. The van der Waals surface area contributed by atoms with Gasteiger partial charge in [0, 0.05) is 13.1 Å². The summed E-state index contributed by atoms with van der Waals surface area (Å²) in [6.45, 7) is 0.644. The first-order valence-electron chi connectivity index (χ1n) is 13.7. The highest BCUT2D eigenvalue weighted by Crippen LogP contribution is 2.26. The molecule has 2 N–H and O–H groups in total. The Kier molecular flexibility index (Phi) is 9.08. The average molecular weight is 549 g/mol. The van der Waals surface area contributed by atoms with E-state index in [0.717, 1.165) is 51.4 Å². The van der Waals surface area contributed by atoms with Crippen LogP contribution in [0.15, 0.2) is 36.4 Å². The number of carboxylic acids is 2. The third-order valence-corrected chi connectivity index (χ3v) is 7.45. The van der Waals surface area contributed by atoms with Crippen LogP contribution in [0.5, 0.6) is 0 Å². The van der Waals surface area contributed by atoms with Gasteiger partial charge >= 0.3 is 11.9 Å². The molecule has 2 aliphatic rings. The summed E-state index contributed by atoms with van der Waals surface area (Å²) < 4.78 is 0. The number of amides is 4. The molecule has 10 heteroatoms. The van der Waals surface area contributed by atoms with E-state index in [0.29, 0.717) is 25.9 Å². The molecule has 0 saturated heterocycles. The summed E-state index contributed by atoms with van der Waals surface area (Å²) in [6, 6.07) is 8.01. The van der Waals surface area contributed by atoms with Crippen LogP contribution in [0.25, 0.3) is 0 Å². The van der Waals surface area contributed by atoms with E-state index in [1.165, 1.54) is 46.2 Å². The predicted octanol–water partition coefficient (Wildman–Crippen LogP) is 4.88. The highest BCUT2D eigenvalue weighted by molar-refractivity contribution is 6.22. The third kappa shape index (κ3) is 6.11. The lowest BCUT2D eigenvalue weighted by Crippen LogP contribution is -2.30. The van der Waals surface area contributed by atoms with Crippen LogP contribution in [0.3, 0.4) is 0 Å². The molecular weight excluding hydrogens is 516 g/mol. The van der Waals surface area contributed by atoms with Gasteiger partial charge in [-0.1, -0.05) is 51.4 Å². The fourth-order valence-electron chi connectivity index (χ4n) is 5.21. The number of hydrogen-bond acceptors (Lipinski definition) is 6. The molecule has 0 atom stereocenters. The molecule has 4 rings (SSSR count). The first-order valence-corrected chi connectivity index (χ1v) is 13.7. The third-order valence-electron chi connectivity index (χ3n) is 7.45. The van der Waals surface area contributed by atoms with E-state index in [-0.39, 0.29) is 45.2 Å². The average Bonchev–Trinajstić information content (AvgIpc) is 3.32. The SMILES string of the molecule is O=C(O)c1ccc2c(c1)C(=O)N(CCCCCCCCCCCCN1C(=O)c3ccc(C(=O)O)cc3C1=O)C2=O. The standard InChI is InChI=1S/C30H32N2O8/c33-25-21-13-11-19(29(37)38)17-23(21)27(35)31(25)15-9-7-5-3-1-2-4-6-8-10-16-32-26(34)22-14-12-20(30(39)40)18-24(22)28(32)36/h11-14,17-18H,1-10,15-16H2,(H,37,38)(H,39,40). The van der Waals surface area contributed by atoms with Gasteiger partial charge < -0.3 is 10.2 Å². The van der Waals surface area contributed by atoms with Crippen molar-refractivity contribution in [3.63, 3.8) is 0 Å². The molecule has 2 heterocycles.